The Bertz CT molecular complexity index is 594. The van der Waals surface area contributed by atoms with Crippen molar-refractivity contribution in [3.8, 4) is 0 Å². The van der Waals surface area contributed by atoms with Crippen LogP contribution in [0.5, 0.6) is 0 Å². The van der Waals surface area contributed by atoms with E-state index in [2.05, 4.69) is 4.72 Å². The van der Waals surface area contributed by atoms with Crippen LogP contribution in [0.4, 0.5) is 0 Å². The average Bonchev–Trinajstić information content (AvgIpc) is 2.80. The molecule has 104 valence electrons. The molecule has 0 heterocycles. The Labute approximate surface area is 116 Å². The Balaban J connectivity index is 2.29. The molecule has 2 rings (SSSR count). The molecule has 19 heavy (non-hydrogen) atoms. The molecule has 1 aliphatic rings. The summed E-state index contributed by atoms with van der Waals surface area (Å²) in [5.41, 5.74) is -0.212. The van der Waals surface area contributed by atoms with Gasteiger partial charge in [-0.1, -0.05) is 24.4 Å². The first kappa shape index (κ1) is 14.3. The summed E-state index contributed by atoms with van der Waals surface area (Å²) in [5.74, 6) is -1.25. The minimum absolute atomic E-state index is 0.0207. The first-order chi connectivity index (χ1) is 8.90. The molecule has 1 aromatic rings. The fourth-order valence-electron chi connectivity index (χ4n) is 2.17. The van der Waals surface area contributed by atoms with Gasteiger partial charge in [0, 0.05) is 6.04 Å². The number of carboxylic acid groups (broad SMARTS) is 1. The fourth-order valence-corrected chi connectivity index (χ4v) is 3.70. The lowest BCUT2D eigenvalue weighted by Gasteiger charge is -2.13. The van der Waals surface area contributed by atoms with Gasteiger partial charge in [0.25, 0.3) is 0 Å². The van der Waals surface area contributed by atoms with Gasteiger partial charge >= 0.3 is 5.97 Å². The summed E-state index contributed by atoms with van der Waals surface area (Å²) >= 11 is 5.72. The van der Waals surface area contributed by atoms with Gasteiger partial charge in [0.2, 0.25) is 10.0 Å². The van der Waals surface area contributed by atoms with E-state index in [-0.39, 0.29) is 21.5 Å². The Morgan fingerprint density at radius 2 is 1.95 bits per heavy atom. The van der Waals surface area contributed by atoms with Gasteiger partial charge in [-0.25, -0.2) is 17.9 Å². The first-order valence-corrected chi connectivity index (χ1v) is 7.81. The maximum absolute atomic E-state index is 12.1. The minimum Gasteiger partial charge on any atom is -0.478 e. The van der Waals surface area contributed by atoms with E-state index < -0.39 is 16.0 Å². The maximum Gasteiger partial charge on any atom is 0.337 e. The summed E-state index contributed by atoms with van der Waals surface area (Å²) in [6, 6.07) is 3.62. The number of halogens is 1. The van der Waals surface area contributed by atoms with Crippen molar-refractivity contribution in [3.05, 3.63) is 28.8 Å². The van der Waals surface area contributed by atoms with E-state index in [1.54, 1.807) is 0 Å². The third-order valence-electron chi connectivity index (χ3n) is 3.16. The predicted molar refractivity (Wildman–Crippen MR) is 71.0 cm³/mol. The number of carbonyl (C=O) groups is 1. The summed E-state index contributed by atoms with van der Waals surface area (Å²) in [7, 11) is -3.69. The van der Waals surface area contributed by atoms with Gasteiger partial charge in [0.05, 0.1) is 15.5 Å². The van der Waals surface area contributed by atoms with Crippen molar-refractivity contribution < 1.29 is 18.3 Å². The molecule has 1 aromatic carbocycles. The molecule has 0 bridgehead atoms. The number of benzene rings is 1. The molecule has 0 aromatic heterocycles. The Hall–Kier alpha value is -1.11. The van der Waals surface area contributed by atoms with Gasteiger partial charge in [-0.05, 0) is 31.0 Å². The van der Waals surface area contributed by atoms with Gasteiger partial charge < -0.3 is 5.11 Å². The molecule has 1 fully saturated rings. The molecule has 0 aliphatic heterocycles. The van der Waals surface area contributed by atoms with Gasteiger partial charge in [-0.15, -0.1) is 0 Å². The molecule has 5 nitrogen and oxygen atoms in total. The largest absolute Gasteiger partial charge is 0.478 e. The van der Waals surface area contributed by atoms with Crippen molar-refractivity contribution in [1.29, 1.82) is 0 Å². The van der Waals surface area contributed by atoms with Crippen LogP contribution in [0.3, 0.4) is 0 Å². The molecule has 2 N–H and O–H groups in total. The molecule has 0 spiro atoms. The van der Waals surface area contributed by atoms with Gasteiger partial charge in [0.1, 0.15) is 0 Å². The van der Waals surface area contributed by atoms with Gasteiger partial charge in [0.15, 0.2) is 0 Å². The Morgan fingerprint density at radius 3 is 2.53 bits per heavy atom. The van der Waals surface area contributed by atoms with E-state index in [4.69, 9.17) is 16.7 Å². The molecule has 1 saturated carbocycles. The van der Waals surface area contributed by atoms with Crippen LogP contribution in [-0.2, 0) is 10.0 Å². The maximum atomic E-state index is 12.1. The molecule has 0 atom stereocenters. The SMILES string of the molecule is O=C(O)c1cc(S(=O)(=O)NC2CCCC2)ccc1Cl. The van der Waals surface area contributed by atoms with Gasteiger partial charge in [-0.2, -0.15) is 0 Å². The Kier molecular flexibility index (Phi) is 4.13. The lowest BCUT2D eigenvalue weighted by molar-refractivity contribution is 0.0697. The van der Waals surface area contributed by atoms with Crippen LogP contribution in [0, 0.1) is 0 Å². The number of carboxylic acids is 1. The molecule has 0 unspecified atom stereocenters. The van der Waals surface area contributed by atoms with Crippen LogP contribution in [0.25, 0.3) is 0 Å². The first-order valence-electron chi connectivity index (χ1n) is 5.95. The van der Waals surface area contributed by atoms with Crippen molar-refractivity contribution in [1.82, 2.24) is 4.72 Å². The number of aromatic carboxylic acids is 1. The second-order valence-corrected chi connectivity index (χ2v) is 6.67. The summed E-state index contributed by atoms with van der Waals surface area (Å²) < 4.78 is 26.8. The topological polar surface area (TPSA) is 83.5 Å². The highest BCUT2D eigenvalue weighted by Gasteiger charge is 2.24. The van der Waals surface area contributed by atoms with Crippen molar-refractivity contribution in [2.24, 2.45) is 0 Å². The summed E-state index contributed by atoms with van der Waals surface area (Å²) in [4.78, 5) is 10.9. The highest BCUT2D eigenvalue weighted by atomic mass is 35.5. The molecule has 1 aliphatic carbocycles. The molecule has 7 heteroatoms. The third-order valence-corrected chi connectivity index (χ3v) is 5.00. The second-order valence-electron chi connectivity index (χ2n) is 4.55. The number of rotatable bonds is 4. The second kappa shape index (κ2) is 5.48. The Morgan fingerprint density at radius 1 is 1.32 bits per heavy atom. The smallest absolute Gasteiger partial charge is 0.337 e. The lowest BCUT2D eigenvalue weighted by atomic mass is 10.2. The number of sulfonamides is 1. The van der Waals surface area contributed by atoms with E-state index in [1.807, 2.05) is 0 Å². The zero-order chi connectivity index (χ0) is 14.0. The molecular weight excluding hydrogens is 290 g/mol. The van der Waals surface area contributed by atoms with Crippen molar-refractivity contribution in [2.75, 3.05) is 0 Å². The number of hydrogen-bond donors (Lipinski definition) is 2. The minimum atomic E-state index is -3.69. The summed E-state index contributed by atoms with van der Waals surface area (Å²) in [5, 5.41) is 8.96. The highest BCUT2D eigenvalue weighted by Crippen LogP contribution is 2.23. The zero-order valence-corrected chi connectivity index (χ0v) is 11.7. The zero-order valence-electron chi connectivity index (χ0n) is 10.1. The van der Waals surface area contributed by atoms with Crippen LogP contribution >= 0.6 is 11.6 Å². The van der Waals surface area contributed by atoms with E-state index in [0.29, 0.717) is 0 Å². The van der Waals surface area contributed by atoms with Gasteiger partial charge in [-0.3, -0.25) is 0 Å². The van der Waals surface area contributed by atoms with Crippen LogP contribution in [0.1, 0.15) is 36.0 Å². The molecule has 0 radical (unpaired) electrons. The monoisotopic (exact) mass is 303 g/mol. The van der Waals surface area contributed by atoms with E-state index in [1.165, 1.54) is 12.1 Å². The van der Waals surface area contributed by atoms with Crippen LogP contribution in [0.15, 0.2) is 23.1 Å². The highest BCUT2D eigenvalue weighted by molar-refractivity contribution is 7.89. The predicted octanol–water partition coefficient (Wildman–Crippen LogP) is 2.26. The quantitative estimate of drug-likeness (QED) is 0.893. The summed E-state index contributed by atoms with van der Waals surface area (Å²) in [6.45, 7) is 0. The van der Waals surface area contributed by atoms with Crippen molar-refractivity contribution in [3.63, 3.8) is 0 Å². The molecular formula is C12H14ClNO4S. The number of nitrogens with one attached hydrogen (secondary N) is 1. The summed E-state index contributed by atoms with van der Waals surface area (Å²) in [6.07, 6.45) is 3.65. The van der Waals surface area contributed by atoms with E-state index in [9.17, 15) is 13.2 Å². The average molecular weight is 304 g/mol. The normalized spacial score (nSPS) is 16.7. The molecule has 0 saturated heterocycles. The van der Waals surface area contributed by atoms with Crippen LogP contribution in [-0.4, -0.2) is 25.5 Å². The third kappa shape index (κ3) is 3.26. The van der Waals surface area contributed by atoms with Crippen molar-refractivity contribution >= 4 is 27.6 Å². The molecule has 0 amide bonds. The van der Waals surface area contributed by atoms with Crippen LogP contribution in [0.2, 0.25) is 5.02 Å². The van der Waals surface area contributed by atoms with Crippen molar-refractivity contribution in [2.45, 2.75) is 36.6 Å². The van der Waals surface area contributed by atoms with E-state index in [0.717, 1.165) is 31.7 Å². The number of hydrogen-bond acceptors (Lipinski definition) is 3. The lowest BCUT2D eigenvalue weighted by Crippen LogP contribution is -2.32. The van der Waals surface area contributed by atoms with E-state index >= 15 is 0 Å². The van der Waals surface area contributed by atoms with Crippen LogP contribution < -0.4 is 4.72 Å². The standard InChI is InChI=1S/C12H14ClNO4S/c13-11-6-5-9(7-10(11)12(15)16)19(17,18)14-8-3-1-2-4-8/h5-8,14H,1-4H2,(H,15,16). The fraction of sp³-hybridized carbons (Fsp3) is 0.417.